The summed E-state index contributed by atoms with van der Waals surface area (Å²) in [6, 6.07) is 2.68. The van der Waals surface area contributed by atoms with Gasteiger partial charge in [-0.15, -0.1) is 0 Å². The molecule has 0 bridgehead atoms. The quantitative estimate of drug-likeness (QED) is 0.470. The molecule has 2 rings (SSSR count). The average molecular weight is 304 g/mol. The highest BCUT2D eigenvalue weighted by Crippen LogP contribution is 2.47. The first kappa shape index (κ1) is 17.8. The lowest BCUT2D eigenvalue weighted by atomic mass is 9.63. The fourth-order valence-corrected chi connectivity index (χ4v) is 5.19. The smallest absolute Gasteiger partial charge is 0.0689 e. The largest absolute Gasteiger partial charge is 0.198 e. The maximum Gasteiger partial charge on any atom is 0.0689 e. The molecule has 126 valence electrons. The van der Waals surface area contributed by atoms with Gasteiger partial charge in [-0.25, -0.2) is 0 Å². The molecule has 0 aromatic rings. The lowest BCUT2D eigenvalue weighted by Gasteiger charge is -2.40. The van der Waals surface area contributed by atoms with Gasteiger partial charge in [0, 0.05) is 0 Å². The van der Waals surface area contributed by atoms with Gasteiger partial charge < -0.3 is 0 Å². The predicted octanol–water partition coefficient (Wildman–Crippen LogP) is 6.87. The van der Waals surface area contributed by atoms with Crippen LogP contribution in [-0.2, 0) is 0 Å². The molecule has 0 aromatic heterocycles. The first-order chi connectivity index (χ1) is 10.7. The minimum atomic E-state index is 0.0443. The second kappa shape index (κ2) is 8.95. The highest BCUT2D eigenvalue weighted by Gasteiger charge is 2.37. The number of hydrogen-bond acceptors (Lipinski definition) is 1. The topological polar surface area (TPSA) is 23.8 Å². The molecule has 1 nitrogen and oxygen atoms in total. The van der Waals surface area contributed by atoms with Crippen LogP contribution in [0.25, 0.3) is 0 Å². The van der Waals surface area contributed by atoms with Crippen molar-refractivity contribution >= 4 is 0 Å². The molecule has 2 aliphatic rings. The first-order valence-electron chi connectivity index (χ1n) is 10.1. The Balaban J connectivity index is 1.71. The summed E-state index contributed by atoms with van der Waals surface area (Å²) in [6.45, 7) is 4.53. The standard InChI is InChI=1S/C21H37N/c1-3-5-6-7-18-8-10-19(11-9-18)20-12-15-21(17-22,14-4-2)16-13-20/h18-20H,3-16H2,1-2H3. The molecule has 1 heteroatoms. The third kappa shape index (κ3) is 4.74. The molecule has 0 unspecified atom stereocenters. The van der Waals surface area contributed by atoms with Crippen LogP contribution in [0.2, 0.25) is 0 Å². The monoisotopic (exact) mass is 303 g/mol. The van der Waals surface area contributed by atoms with E-state index in [2.05, 4.69) is 19.9 Å². The third-order valence-corrected chi connectivity index (χ3v) is 6.73. The average Bonchev–Trinajstić information content (AvgIpc) is 2.57. The number of nitrogens with zero attached hydrogens (tertiary/aromatic N) is 1. The van der Waals surface area contributed by atoms with Gasteiger partial charge in [0.15, 0.2) is 0 Å². The van der Waals surface area contributed by atoms with Crippen molar-refractivity contribution in [1.82, 2.24) is 0 Å². The molecule has 0 atom stereocenters. The van der Waals surface area contributed by atoms with Crippen molar-refractivity contribution < 1.29 is 0 Å². The Morgan fingerprint density at radius 2 is 1.50 bits per heavy atom. The van der Waals surface area contributed by atoms with Gasteiger partial charge in [-0.2, -0.15) is 5.26 Å². The predicted molar refractivity (Wildman–Crippen MR) is 94.5 cm³/mol. The van der Waals surface area contributed by atoms with Crippen LogP contribution in [0.5, 0.6) is 0 Å². The Morgan fingerprint density at radius 1 is 0.864 bits per heavy atom. The SMILES string of the molecule is CCCCCC1CCC(C2CCC(C#N)(CCC)CC2)CC1. The highest BCUT2D eigenvalue weighted by molar-refractivity contribution is 5.02. The van der Waals surface area contributed by atoms with Crippen LogP contribution < -0.4 is 0 Å². The van der Waals surface area contributed by atoms with E-state index < -0.39 is 0 Å². The molecule has 0 saturated heterocycles. The summed E-state index contributed by atoms with van der Waals surface area (Å²) < 4.78 is 0. The summed E-state index contributed by atoms with van der Waals surface area (Å²) in [7, 11) is 0. The summed E-state index contributed by atoms with van der Waals surface area (Å²) in [5, 5.41) is 9.56. The van der Waals surface area contributed by atoms with E-state index in [1.807, 2.05) is 0 Å². The van der Waals surface area contributed by atoms with E-state index in [-0.39, 0.29) is 5.41 Å². The minimum absolute atomic E-state index is 0.0443. The maximum atomic E-state index is 9.56. The molecule has 22 heavy (non-hydrogen) atoms. The molecule has 2 fully saturated rings. The molecule has 0 spiro atoms. The molecule has 0 amide bonds. The molecule has 0 N–H and O–H groups in total. The lowest BCUT2D eigenvalue weighted by Crippen LogP contribution is -2.31. The van der Waals surface area contributed by atoms with Gasteiger partial charge in [-0.3, -0.25) is 0 Å². The minimum Gasteiger partial charge on any atom is -0.198 e. The van der Waals surface area contributed by atoms with Crippen molar-refractivity contribution in [2.24, 2.45) is 23.2 Å². The normalized spacial score (nSPS) is 36.0. The second-order valence-electron chi connectivity index (χ2n) is 8.26. The zero-order chi connectivity index (χ0) is 15.8. The Kier molecular flexibility index (Phi) is 7.26. The van der Waals surface area contributed by atoms with Crippen LogP contribution in [-0.4, -0.2) is 0 Å². The third-order valence-electron chi connectivity index (χ3n) is 6.73. The van der Waals surface area contributed by atoms with Gasteiger partial charge in [0.05, 0.1) is 11.5 Å². The van der Waals surface area contributed by atoms with Crippen molar-refractivity contribution in [3.05, 3.63) is 0 Å². The van der Waals surface area contributed by atoms with Crippen molar-refractivity contribution in [3.63, 3.8) is 0 Å². The van der Waals surface area contributed by atoms with E-state index in [4.69, 9.17) is 0 Å². The number of unbranched alkanes of at least 4 members (excludes halogenated alkanes) is 2. The summed E-state index contributed by atoms with van der Waals surface area (Å²) in [5.41, 5.74) is 0.0443. The number of nitriles is 1. The Bertz CT molecular complexity index is 337. The van der Waals surface area contributed by atoms with Crippen molar-refractivity contribution in [2.75, 3.05) is 0 Å². The molecule has 0 aliphatic heterocycles. The molecular weight excluding hydrogens is 266 g/mol. The van der Waals surface area contributed by atoms with E-state index >= 15 is 0 Å². The highest BCUT2D eigenvalue weighted by atomic mass is 14.4. The molecule has 0 heterocycles. The van der Waals surface area contributed by atoms with Crippen LogP contribution in [0.15, 0.2) is 0 Å². The summed E-state index contributed by atoms with van der Waals surface area (Å²) in [4.78, 5) is 0. The molecule has 0 aromatic carbocycles. The van der Waals surface area contributed by atoms with Gasteiger partial charge in [0.25, 0.3) is 0 Å². The fourth-order valence-electron chi connectivity index (χ4n) is 5.19. The lowest BCUT2D eigenvalue weighted by molar-refractivity contribution is 0.115. The van der Waals surface area contributed by atoms with Crippen LogP contribution in [0.3, 0.4) is 0 Å². The summed E-state index contributed by atoms with van der Waals surface area (Å²) in [5.74, 6) is 2.96. The van der Waals surface area contributed by atoms with Crippen LogP contribution in [0, 0.1) is 34.5 Å². The van der Waals surface area contributed by atoms with Gasteiger partial charge in [-0.1, -0.05) is 58.8 Å². The van der Waals surface area contributed by atoms with E-state index in [1.165, 1.54) is 83.5 Å². The van der Waals surface area contributed by atoms with Crippen LogP contribution >= 0.6 is 0 Å². The van der Waals surface area contributed by atoms with Gasteiger partial charge >= 0.3 is 0 Å². The molecule has 0 radical (unpaired) electrons. The van der Waals surface area contributed by atoms with E-state index in [0.29, 0.717) is 0 Å². The van der Waals surface area contributed by atoms with E-state index in [9.17, 15) is 5.26 Å². The number of hydrogen-bond donors (Lipinski definition) is 0. The zero-order valence-corrected chi connectivity index (χ0v) is 15.1. The van der Waals surface area contributed by atoms with Crippen molar-refractivity contribution in [3.8, 4) is 6.07 Å². The van der Waals surface area contributed by atoms with Gasteiger partial charge in [0.1, 0.15) is 0 Å². The van der Waals surface area contributed by atoms with E-state index in [1.54, 1.807) is 0 Å². The summed E-state index contributed by atoms with van der Waals surface area (Å²) in [6.07, 6.45) is 19.0. The van der Waals surface area contributed by atoms with Gasteiger partial charge in [0.2, 0.25) is 0 Å². The first-order valence-corrected chi connectivity index (χ1v) is 10.1. The fraction of sp³-hybridized carbons (Fsp3) is 0.952. The van der Waals surface area contributed by atoms with Crippen LogP contribution in [0.1, 0.15) is 104 Å². The summed E-state index contributed by atoms with van der Waals surface area (Å²) >= 11 is 0. The molecular formula is C21H37N. The molecule has 2 saturated carbocycles. The maximum absolute atomic E-state index is 9.56. The van der Waals surface area contributed by atoms with Gasteiger partial charge in [-0.05, 0) is 62.7 Å². The van der Waals surface area contributed by atoms with E-state index in [0.717, 1.165) is 24.2 Å². The Morgan fingerprint density at radius 3 is 2.05 bits per heavy atom. The van der Waals surface area contributed by atoms with Crippen LogP contribution in [0.4, 0.5) is 0 Å². The van der Waals surface area contributed by atoms with Crippen molar-refractivity contribution in [2.45, 2.75) is 104 Å². The zero-order valence-electron chi connectivity index (χ0n) is 15.1. The Hall–Kier alpha value is -0.510. The number of rotatable bonds is 7. The second-order valence-corrected chi connectivity index (χ2v) is 8.26. The molecule has 2 aliphatic carbocycles. The Labute approximate surface area is 138 Å². The van der Waals surface area contributed by atoms with Crippen molar-refractivity contribution in [1.29, 1.82) is 5.26 Å².